The summed E-state index contributed by atoms with van der Waals surface area (Å²) in [5.74, 6) is -0.241. The molecule has 0 heterocycles. The number of unbranched alkanes of at least 4 members (excludes halogenated alkanes) is 2. The average Bonchev–Trinajstić information content (AvgIpc) is 2.35. The fraction of sp³-hybridized carbons (Fsp3) is 0.833. The van der Waals surface area contributed by atoms with Crippen molar-refractivity contribution in [2.24, 2.45) is 0 Å². The van der Waals surface area contributed by atoms with Crippen LogP contribution in [0.1, 0.15) is 39.5 Å². The predicted molar refractivity (Wildman–Crippen MR) is 72.9 cm³/mol. The van der Waals surface area contributed by atoms with E-state index < -0.39 is 0 Å². The van der Waals surface area contributed by atoms with Crippen LogP contribution in [0.15, 0.2) is 0 Å². The first kappa shape index (κ1) is 18.0. The second-order valence-electron chi connectivity index (χ2n) is 3.67. The van der Waals surface area contributed by atoms with Crippen LogP contribution in [0.4, 0.5) is 0 Å². The van der Waals surface area contributed by atoms with Crippen LogP contribution >= 0.6 is 0 Å². The van der Waals surface area contributed by atoms with Crippen LogP contribution in [0.2, 0.25) is 10.6 Å². The Morgan fingerprint density at radius 3 is 1.56 bits per heavy atom. The third-order valence-corrected chi connectivity index (χ3v) is 8.18. The van der Waals surface area contributed by atoms with E-state index in [0.29, 0.717) is 23.9 Å². The molecule has 0 unspecified atom stereocenters. The topological polar surface area (TPSA) is 52.6 Å². The summed E-state index contributed by atoms with van der Waals surface area (Å²) in [6, 6.07) is 0. The van der Waals surface area contributed by atoms with Crippen LogP contribution in [0.3, 0.4) is 0 Å². The van der Waals surface area contributed by atoms with Crippen molar-refractivity contribution < 1.29 is 19.1 Å². The van der Waals surface area contributed by atoms with Crippen molar-refractivity contribution in [2.75, 3.05) is 13.2 Å². The van der Waals surface area contributed by atoms with Gasteiger partial charge in [0.25, 0.3) is 0 Å². The van der Waals surface area contributed by atoms with E-state index in [1.165, 1.54) is 0 Å². The Kier molecular flexibility index (Phi) is 13.4. The summed E-state index contributed by atoms with van der Waals surface area (Å²) in [4.78, 5) is 22.5. The fourth-order valence-corrected chi connectivity index (χ4v) is 5.94. The van der Waals surface area contributed by atoms with Gasteiger partial charge in [0, 0.05) is 0 Å². The molecule has 0 bridgehead atoms. The number of esters is 2. The SMILES string of the molecule is CCCCOC(=O)C[Se][Se]CC(=O)OCCCC. The van der Waals surface area contributed by atoms with Crippen molar-refractivity contribution in [2.45, 2.75) is 50.2 Å². The first-order valence-corrected chi connectivity index (χ1v) is 13.0. The minimum atomic E-state index is -0.121. The summed E-state index contributed by atoms with van der Waals surface area (Å²) < 4.78 is 10.1. The summed E-state index contributed by atoms with van der Waals surface area (Å²) >= 11 is 0.417. The van der Waals surface area contributed by atoms with Crippen molar-refractivity contribution >= 4 is 38.2 Å². The van der Waals surface area contributed by atoms with Crippen molar-refractivity contribution in [1.82, 2.24) is 0 Å². The molecule has 0 fully saturated rings. The van der Waals surface area contributed by atoms with E-state index >= 15 is 0 Å². The van der Waals surface area contributed by atoms with Crippen molar-refractivity contribution in [3.8, 4) is 0 Å². The molecule has 0 aromatic heterocycles. The van der Waals surface area contributed by atoms with Gasteiger partial charge in [0.15, 0.2) is 0 Å². The maximum atomic E-state index is 11.3. The molecule has 0 atom stereocenters. The van der Waals surface area contributed by atoms with E-state index in [1.807, 2.05) is 0 Å². The Morgan fingerprint density at radius 1 is 0.833 bits per heavy atom. The van der Waals surface area contributed by atoms with Crippen molar-refractivity contribution in [1.29, 1.82) is 0 Å². The molecule has 0 aromatic carbocycles. The molecule has 0 aliphatic heterocycles. The molecule has 6 heteroatoms. The first-order chi connectivity index (χ1) is 8.70. The van der Waals surface area contributed by atoms with Crippen LogP contribution in [0.5, 0.6) is 0 Å². The molecule has 0 rings (SSSR count). The molecule has 106 valence electrons. The van der Waals surface area contributed by atoms with E-state index in [-0.39, 0.29) is 38.2 Å². The summed E-state index contributed by atoms with van der Waals surface area (Å²) in [6.07, 6.45) is 3.92. The molecule has 0 spiro atoms. The van der Waals surface area contributed by atoms with Crippen LogP contribution in [0, 0.1) is 0 Å². The number of hydrogen-bond donors (Lipinski definition) is 0. The zero-order valence-corrected chi connectivity index (χ0v) is 14.5. The third-order valence-electron chi connectivity index (χ3n) is 1.96. The number of carbonyl (C=O) groups excluding carboxylic acids is 2. The van der Waals surface area contributed by atoms with Crippen LogP contribution < -0.4 is 0 Å². The van der Waals surface area contributed by atoms with Gasteiger partial charge in [-0.25, -0.2) is 0 Å². The van der Waals surface area contributed by atoms with Crippen LogP contribution in [-0.2, 0) is 19.1 Å². The first-order valence-electron chi connectivity index (χ1n) is 6.26. The zero-order chi connectivity index (χ0) is 13.6. The molecule has 0 aromatic rings. The second-order valence-corrected chi connectivity index (χ2v) is 11.0. The van der Waals surface area contributed by atoms with E-state index in [2.05, 4.69) is 13.8 Å². The van der Waals surface area contributed by atoms with Crippen molar-refractivity contribution in [3.63, 3.8) is 0 Å². The zero-order valence-electron chi connectivity index (χ0n) is 11.1. The quantitative estimate of drug-likeness (QED) is 0.308. The van der Waals surface area contributed by atoms with Gasteiger partial charge in [-0.05, 0) is 0 Å². The van der Waals surface area contributed by atoms with E-state index in [9.17, 15) is 9.59 Å². The molecular formula is C12H22O4Se2. The van der Waals surface area contributed by atoms with Gasteiger partial charge in [0.1, 0.15) is 0 Å². The van der Waals surface area contributed by atoms with Gasteiger partial charge in [-0.15, -0.1) is 0 Å². The summed E-state index contributed by atoms with van der Waals surface area (Å²) in [6.45, 7) is 5.17. The molecule has 0 saturated heterocycles. The van der Waals surface area contributed by atoms with Crippen LogP contribution in [0.25, 0.3) is 0 Å². The van der Waals surface area contributed by atoms with Gasteiger partial charge in [0.05, 0.1) is 0 Å². The van der Waals surface area contributed by atoms with Crippen molar-refractivity contribution in [3.05, 3.63) is 0 Å². The third kappa shape index (κ3) is 12.4. The Bertz CT molecular complexity index is 210. The Hall–Kier alpha value is -0.0210. The Labute approximate surface area is 120 Å². The Balaban J connectivity index is 3.32. The average molecular weight is 388 g/mol. The summed E-state index contributed by atoms with van der Waals surface area (Å²) in [5.41, 5.74) is 0. The fourth-order valence-electron chi connectivity index (χ4n) is 0.924. The van der Waals surface area contributed by atoms with Gasteiger partial charge in [0.2, 0.25) is 0 Å². The predicted octanol–water partition coefficient (Wildman–Crippen LogP) is 1.83. The molecule has 18 heavy (non-hydrogen) atoms. The van der Waals surface area contributed by atoms with E-state index in [1.54, 1.807) is 0 Å². The van der Waals surface area contributed by atoms with Gasteiger partial charge in [-0.1, -0.05) is 0 Å². The van der Waals surface area contributed by atoms with Gasteiger partial charge in [-0.2, -0.15) is 0 Å². The molecule has 0 amide bonds. The monoisotopic (exact) mass is 390 g/mol. The molecule has 4 nitrogen and oxygen atoms in total. The van der Waals surface area contributed by atoms with E-state index in [0.717, 1.165) is 25.7 Å². The van der Waals surface area contributed by atoms with Crippen LogP contribution in [-0.4, -0.2) is 51.4 Å². The molecule has 0 aliphatic carbocycles. The molecule has 0 aliphatic rings. The number of hydrogen-bond acceptors (Lipinski definition) is 4. The maximum absolute atomic E-state index is 11.3. The standard InChI is InChI=1S/C12H22O4Se2/c1-3-5-7-15-11(13)9-17-18-10-12(14)16-8-6-4-2/h3-10H2,1-2H3. The normalized spacial score (nSPS) is 10.1. The second kappa shape index (κ2) is 13.4. The Morgan fingerprint density at radius 2 is 1.22 bits per heavy atom. The molecular weight excluding hydrogens is 366 g/mol. The van der Waals surface area contributed by atoms with Gasteiger partial charge >= 0.3 is 121 Å². The van der Waals surface area contributed by atoms with Gasteiger partial charge < -0.3 is 0 Å². The summed E-state index contributed by atoms with van der Waals surface area (Å²) in [7, 11) is 0. The minimum absolute atomic E-state index is 0.121. The molecule has 0 radical (unpaired) electrons. The summed E-state index contributed by atoms with van der Waals surface area (Å²) in [5, 5.41) is 0.970. The van der Waals surface area contributed by atoms with Gasteiger partial charge in [-0.3, -0.25) is 0 Å². The molecule has 0 saturated carbocycles. The number of carbonyl (C=O) groups is 2. The van der Waals surface area contributed by atoms with E-state index in [4.69, 9.17) is 9.47 Å². The molecule has 0 N–H and O–H groups in total. The number of ether oxygens (including phenoxy) is 2. The number of rotatable bonds is 11.